The first-order valence-electron chi connectivity index (χ1n) is 5.69. The molecule has 0 amide bonds. The van der Waals surface area contributed by atoms with E-state index in [1.54, 1.807) is 4.90 Å². The zero-order chi connectivity index (χ0) is 14.6. The summed E-state index contributed by atoms with van der Waals surface area (Å²) in [6.45, 7) is 8.46. The lowest BCUT2D eigenvalue weighted by Gasteiger charge is -2.22. The van der Waals surface area contributed by atoms with Crippen LogP contribution in [0.25, 0.3) is 0 Å². The first-order chi connectivity index (χ1) is 8.86. The highest BCUT2D eigenvalue weighted by molar-refractivity contribution is 5.67. The lowest BCUT2D eigenvalue weighted by molar-refractivity contribution is -0.393. The molecule has 7 nitrogen and oxygen atoms in total. The Balaban J connectivity index is 3.29. The van der Waals surface area contributed by atoms with Crippen LogP contribution in [0.2, 0.25) is 0 Å². The van der Waals surface area contributed by atoms with Gasteiger partial charge in [-0.05, 0) is 19.9 Å². The molecular formula is C12H15N3O4. The van der Waals surface area contributed by atoms with Crippen molar-refractivity contribution in [3.8, 4) is 0 Å². The molecule has 0 aromatic heterocycles. The summed E-state index contributed by atoms with van der Waals surface area (Å²) < 4.78 is 0. The quantitative estimate of drug-likeness (QED) is 0.448. The summed E-state index contributed by atoms with van der Waals surface area (Å²) in [5.74, 6) is 0. The van der Waals surface area contributed by atoms with Crippen molar-refractivity contribution < 1.29 is 9.85 Å². The smallest absolute Gasteiger partial charge is 0.299 e. The van der Waals surface area contributed by atoms with Gasteiger partial charge in [-0.15, -0.1) is 0 Å². The lowest BCUT2D eigenvalue weighted by atomic mass is 10.2. The van der Waals surface area contributed by atoms with Gasteiger partial charge >= 0.3 is 0 Å². The van der Waals surface area contributed by atoms with Gasteiger partial charge in [-0.3, -0.25) is 20.2 Å². The minimum Gasteiger partial charge on any atom is -0.362 e. The third kappa shape index (κ3) is 3.51. The van der Waals surface area contributed by atoms with E-state index >= 15 is 0 Å². The van der Waals surface area contributed by atoms with Crippen molar-refractivity contribution in [3.63, 3.8) is 0 Å². The van der Waals surface area contributed by atoms with Crippen LogP contribution in [0, 0.1) is 20.2 Å². The van der Waals surface area contributed by atoms with Gasteiger partial charge in [-0.1, -0.05) is 12.2 Å². The number of hydrogen-bond donors (Lipinski definition) is 0. The molecule has 0 atom stereocenters. The SMILES string of the molecule is C=C(C)CN(CC)c1ccc([N+](=O)[O-])cc1[N+](=O)[O-]. The molecule has 1 aromatic carbocycles. The molecule has 0 N–H and O–H groups in total. The van der Waals surface area contributed by atoms with E-state index in [4.69, 9.17) is 0 Å². The van der Waals surface area contributed by atoms with Crippen LogP contribution < -0.4 is 4.90 Å². The van der Waals surface area contributed by atoms with Crippen molar-refractivity contribution in [2.45, 2.75) is 13.8 Å². The Labute approximate surface area is 110 Å². The van der Waals surface area contributed by atoms with E-state index in [2.05, 4.69) is 6.58 Å². The van der Waals surface area contributed by atoms with Crippen LogP contribution in [0.4, 0.5) is 17.1 Å². The fourth-order valence-corrected chi connectivity index (χ4v) is 1.73. The van der Waals surface area contributed by atoms with Crippen LogP contribution in [-0.2, 0) is 0 Å². The van der Waals surface area contributed by atoms with E-state index < -0.39 is 9.85 Å². The highest BCUT2D eigenvalue weighted by Crippen LogP contribution is 2.32. The van der Waals surface area contributed by atoms with Crippen LogP contribution >= 0.6 is 0 Å². The number of hydrogen-bond acceptors (Lipinski definition) is 5. The Hall–Kier alpha value is -2.44. The summed E-state index contributed by atoms with van der Waals surface area (Å²) in [7, 11) is 0. The Bertz CT molecular complexity index is 528. The van der Waals surface area contributed by atoms with Crippen molar-refractivity contribution in [1.82, 2.24) is 0 Å². The molecule has 0 aliphatic rings. The molecule has 1 aromatic rings. The summed E-state index contributed by atoms with van der Waals surface area (Å²) in [5.41, 5.74) is 0.662. The Kier molecular flexibility index (Phi) is 4.57. The molecule has 7 heteroatoms. The minimum atomic E-state index is -0.647. The molecule has 0 bridgehead atoms. The number of anilines is 1. The van der Waals surface area contributed by atoms with E-state index in [-0.39, 0.29) is 11.4 Å². The van der Waals surface area contributed by atoms with Crippen molar-refractivity contribution in [1.29, 1.82) is 0 Å². The van der Waals surface area contributed by atoms with E-state index in [1.807, 2.05) is 13.8 Å². The maximum Gasteiger partial charge on any atom is 0.299 e. The maximum atomic E-state index is 11.0. The number of likely N-dealkylation sites (N-methyl/N-ethyl adjacent to an activating group) is 1. The summed E-state index contributed by atoms with van der Waals surface area (Å²) in [4.78, 5) is 22.2. The fraction of sp³-hybridized carbons (Fsp3) is 0.333. The Morgan fingerprint density at radius 2 is 1.95 bits per heavy atom. The second-order valence-corrected chi connectivity index (χ2v) is 4.16. The molecule has 0 aliphatic carbocycles. The number of rotatable bonds is 6. The predicted octanol–water partition coefficient (Wildman–Crippen LogP) is 2.91. The molecule has 0 radical (unpaired) electrons. The number of non-ortho nitro benzene ring substituents is 1. The normalized spacial score (nSPS) is 10.0. The minimum absolute atomic E-state index is 0.266. The number of benzene rings is 1. The topological polar surface area (TPSA) is 89.5 Å². The highest BCUT2D eigenvalue weighted by Gasteiger charge is 2.22. The van der Waals surface area contributed by atoms with Gasteiger partial charge in [0.05, 0.1) is 15.9 Å². The van der Waals surface area contributed by atoms with E-state index in [9.17, 15) is 20.2 Å². The summed E-state index contributed by atoms with van der Waals surface area (Å²) in [6, 6.07) is 3.66. The van der Waals surface area contributed by atoms with Crippen LogP contribution in [-0.4, -0.2) is 22.9 Å². The number of nitro benzene ring substituents is 2. The zero-order valence-corrected chi connectivity index (χ0v) is 10.8. The molecule has 0 heterocycles. The summed E-state index contributed by atoms with van der Waals surface area (Å²) >= 11 is 0. The van der Waals surface area contributed by atoms with Gasteiger partial charge in [0.1, 0.15) is 5.69 Å². The van der Waals surface area contributed by atoms with Gasteiger partial charge in [-0.2, -0.15) is 0 Å². The average Bonchev–Trinajstić information content (AvgIpc) is 2.34. The summed E-state index contributed by atoms with van der Waals surface area (Å²) in [5, 5.41) is 21.7. The molecule has 0 saturated heterocycles. The van der Waals surface area contributed by atoms with Crippen LogP contribution in [0.1, 0.15) is 13.8 Å². The fourth-order valence-electron chi connectivity index (χ4n) is 1.73. The molecule has 102 valence electrons. The van der Waals surface area contributed by atoms with Gasteiger partial charge in [-0.25, -0.2) is 0 Å². The third-order valence-corrected chi connectivity index (χ3v) is 2.55. The Morgan fingerprint density at radius 1 is 1.32 bits per heavy atom. The van der Waals surface area contributed by atoms with Crippen LogP contribution in [0.3, 0.4) is 0 Å². The van der Waals surface area contributed by atoms with E-state index in [0.717, 1.165) is 11.6 Å². The second kappa shape index (κ2) is 5.94. The second-order valence-electron chi connectivity index (χ2n) is 4.16. The lowest BCUT2D eigenvalue weighted by Crippen LogP contribution is -2.25. The van der Waals surface area contributed by atoms with Gasteiger partial charge in [0, 0.05) is 19.2 Å². The molecule has 0 fully saturated rings. The number of nitro groups is 2. The largest absolute Gasteiger partial charge is 0.362 e. The van der Waals surface area contributed by atoms with Crippen molar-refractivity contribution in [2.75, 3.05) is 18.0 Å². The van der Waals surface area contributed by atoms with E-state index in [0.29, 0.717) is 18.8 Å². The third-order valence-electron chi connectivity index (χ3n) is 2.55. The van der Waals surface area contributed by atoms with Gasteiger partial charge < -0.3 is 4.90 Å². The van der Waals surface area contributed by atoms with E-state index in [1.165, 1.54) is 12.1 Å². The maximum absolute atomic E-state index is 11.0. The van der Waals surface area contributed by atoms with Gasteiger partial charge in [0.2, 0.25) is 0 Å². The molecule has 0 unspecified atom stereocenters. The van der Waals surface area contributed by atoms with Gasteiger partial charge in [0.25, 0.3) is 11.4 Å². The first kappa shape index (κ1) is 14.6. The molecule has 0 saturated carbocycles. The first-order valence-corrected chi connectivity index (χ1v) is 5.69. The average molecular weight is 265 g/mol. The van der Waals surface area contributed by atoms with Crippen LogP contribution in [0.5, 0.6) is 0 Å². The van der Waals surface area contributed by atoms with Crippen molar-refractivity contribution in [2.24, 2.45) is 0 Å². The molecule has 1 rings (SSSR count). The standard InChI is InChI=1S/C12H15N3O4/c1-4-13(8-9(2)3)11-6-5-10(14(16)17)7-12(11)15(18)19/h5-7H,2,4,8H2,1,3H3. The molecule has 19 heavy (non-hydrogen) atoms. The van der Waals surface area contributed by atoms with Crippen molar-refractivity contribution >= 4 is 17.1 Å². The Morgan fingerprint density at radius 3 is 2.37 bits per heavy atom. The monoisotopic (exact) mass is 265 g/mol. The van der Waals surface area contributed by atoms with Gasteiger partial charge in [0.15, 0.2) is 0 Å². The van der Waals surface area contributed by atoms with Crippen LogP contribution in [0.15, 0.2) is 30.4 Å². The highest BCUT2D eigenvalue weighted by atomic mass is 16.6. The molecule has 0 spiro atoms. The molecule has 0 aliphatic heterocycles. The van der Waals surface area contributed by atoms with Crippen molar-refractivity contribution in [3.05, 3.63) is 50.6 Å². The number of nitrogens with zero attached hydrogens (tertiary/aromatic N) is 3. The predicted molar refractivity (Wildman–Crippen MR) is 72.5 cm³/mol. The zero-order valence-electron chi connectivity index (χ0n) is 10.8. The molecular weight excluding hydrogens is 250 g/mol. The summed E-state index contributed by atoms with van der Waals surface area (Å²) in [6.07, 6.45) is 0.